The predicted molar refractivity (Wildman–Crippen MR) is 93.7 cm³/mol. The van der Waals surface area contributed by atoms with Crippen LogP contribution in [-0.4, -0.2) is 22.2 Å². The van der Waals surface area contributed by atoms with Crippen molar-refractivity contribution in [3.63, 3.8) is 0 Å². The van der Waals surface area contributed by atoms with Crippen molar-refractivity contribution in [3.8, 4) is 5.69 Å². The summed E-state index contributed by atoms with van der Waals surface area (Å²) in [6.45, 7) is 0.383. The van der Waals surface area contributed by atoms with Gasteiger partial charge in [-0.3, -0.25) is 4.79 Å². The summed E-state index contributed by atoms with van der Waals surface area (Å²) < 4.78 is 16.1. The van der Waals surface area contributed by atoms with Crippen molar-refractivity contribution in [2.24, 2.45) is 0 Å². The number of benzene rings is 2. The lowest BCUT2D eigenvalue weighted by molar-refractivity contribution is 0.0954. The molecule has 24 heavy (non-hydrogen) atoms. The van der Waals surface area contributed by atoms with Crippen molar-refractivity contribution in [1.29, 1.82) is 0 Å². The summed E-state index contributed by atoms with van der Waals surface area (Å²) >= 11 is 3.35. The lowest BCUT2D eigenvalue weighted by atomic mass is 10.1. The smallest absolute Gasteiger partial charge is 0.251 e. The monoisotopic (exact) mass is 387 g/mol. The molecular weight excluding hydrogens is 373 g/mol. The van der Waals surface area contributed by atoms with Crippen molar-refractivity contribution in [1.82, 2.24) is 15.1 Å². The van der Waals surface area contributed by atoms with E-state index in [1.165, 1.54) is 6.07 Å². The zero-order chi connectivity index (χ0) is 16.9. The van der Waals surface area contributed by atoms with Gasteiger partial charge in [0.25, 0.3) is 5.91 Å². The largest absolute Gasteiger partial charge is 0.352 e. The Bertz CT molecular complexity index is 845. The molecule has 122 valence electrons. The van der Waals surface area contributed by atoms with Gasteiger partial charge in [-0.1, -0.05) is 18.2 Å². The van der Waals surface area contributed by atoms with Gasteiger partial charge in [0.15, 0.2) is 0 Å². The first-order chi connectivity index (χ1) is 11.6. The van der Waals surface area contributed by atoms with Gasteiger partial charge in [-0.05, 0) is 58.2 Å². The Labute approximate surface area is 147 Å². The Balaban J connectivity index is 1.58. The first-order valence-electron chi connectivity index (χ1n) is 7.46. The minimum Gasteiger partial charge on any atom is -0.352 e. The van der Waals surface area contributed by atoms with Crippen LogP contribution in [0.2, 0.25) is 0 Å². The van der Waals surface area contributed by atoms with Crippen LogP contribution in [-0.2, 0) is 6.42 Å². The standard InChI is InChI=1S/C18H15BrFN3O/c19-15-11-22-23(12-15)16-7-5-14(6-8-16)18(24)21-10-9-13-3-1-2-4-17(13)20/h1-8,11-12H,9-10H2,(H,21,24). The summed E-state index contributed by atoms with van der Waals surface area (Å²) in [7, 11) is 0. The van der Waals surface area contributed by atoms with Crippen LogP contribution in [0, 0.1) is 5.82 Å². The van der Waals surface area contributed by atoms with E-state index in [1.54, 1.807) is 41.2 Å². The summed E-state index contributed by atoms with van der Waals surface area (Å²) in [4.78, 5) is 12.1. The molecule has 2 aromatic carbocycles. The molecule has 0 aliphatic heterocycles. The van der Waals surface area contributed by atoms with Gasteiger partial charge in [0.05, 0.1) is 16.4 Å². The lowest BCUT2D eigenvalue weighted by Crippen LogP contribution is -2.25. The Morgan fingerprint density at radius 3 is 2.58 bits per heavy atom. The fourth-order valence-corrected chi connectivity index (χ4v) is 2.61. The van der Waals surface area contributed by atoms with E-state index in [4.69, 9.17) is 0 Å². The van der Waals surface area contributed by atoms with E-state index in [2.05, 4.69) is 26.3 Å². The molecule has 0 saturated heterocycles. The molecule has 0 fully saturated rings. The number of halogens is 2. The molecule has 3 rings (SSSR count). The molecule has 0 atom stereocenters. The molecule has 0 unspecified atom stereocenters. The van der Waals surface area contributed by atoms with E-state index in [1.807, 2.05) is 18.3 Å². The molecule has 0 aliphatic carbocycles. The molecule has 0 radical (unpaired) electrons. The molecule has 1 aromatic heterocycles. The van der Waals surface area contributed by atoms with Crippen LogP contribution in [0.3, 0.4) is 0 Å². The number of rotatable bonds is 5. The molecule has 1 N–H and O–H groups in total. The zero-order valence-corrected chi connectivity index (χ0v) is 14.3. The van der Waals surface area contributed by atoms with E-state index in [-0.39, 0.29) is 11.7 Å². The van der Waals surface area contributed by atoms with Gasteiger partial charge in [-0.25, -0.2) is 9.07 Å². The zero-order valence-electron chi connectivity index (χ0n) is 12.7. The third kappa shape index (κ3) is 3.89. The Kier molecular flexibility index (Phi) is 5.05. The second-order valence-corrected chi connectivity index (χ2v) is 6.16. The highest BCUT2D eigenvalue weighted by atomic mass is 79.9. The number of carbonyl (C=O) groups excluding carboxylic acids is 1. The molecular formula is C18H15BrFN3O. The maximum atomic E-state index is 13.5. The van der Waals surface area contributed by atoms with Crippen molar-refractivity contribution in [2.45, 2.75) is 6.42 Å². The number of aromatic nitrogens is 2. The normalized spacial score (nSPS) is 10.6. The number of nitrogens with one attached hydrogen (secondary N) is 1. The highest BCUT2D eigenvalue weighted by Gasteiger charge is 2.07. The van der Waals surface area contributed by atoms with Crippen molar-refractivity contribution in [3.05, 3.63) is 82.3 Å². The molecule has 6 heteroatoms. The number of nitrogens with zero attached hydrogens (tertiary/aromatic N) is 2. The second-order valence-electron chi connectivity index (χ2n) is 5.25. The third-order valence-corrected chi connectivity index (χ3v) is 3.99. The summed E-state index contributed by atoms with van der Waals surface area (Å²) in [6.07, 6.45) is 3.99. The molecule has 1 heterocycles. The summed E-state index contributed by atoms with van der Waals surface area (Å²) in [6, 6.07) is 13.7. The van der Waals surface area contributed by atoms with E-state index in [0.29, 0.717) is 24.1 Å². The lowest BCUT2D eigenvalue weighted by Gasteiger charge is -2.07. The van der Waals surface area contributed by atoms with E-state index >= 15 is 0 Å². The molecule has 4 nitrogen and oxygen atoms in total. The van der Waals surface area contributed by atoms with Gasteiger partial charge >= 0.3 is 0 Å². The van der Waals surface area contributed by atoms with Crippen LogP contribution in [0.1, 0.15) is 15.9 Å². The van der Waals surface area contributed by atoms with Crippen LogP contribution in [0.25, 0.3) is 5.69 Å². The highest BCUT2D eigenvalue weighted by molar-refractivity contribution is 9.10. The Hall–Kier alpha value is -2.47. The fraction of sp³-hybridized carbons (Fsp3) is 0.111. The summed E-state index contributed by atoms with van der Waals surface area (Å²) in [5, 5.41) is 6.99. The first kappa shape index (κ1) is 16.4. The number of carbonyl (C=O) groups is 1. The first-order valence-corrected chi connectivity index (χ1v) is 8.25. The van der Waals surface area contributed by atoms with Gasteiger partial charge in [0, 0.05) is 18.3 Å². The van der Waals surface area contributed by atoms with Crippen molar-refractivity contribution < 1.29 is 9.18 Å². The SMILES string of the molecule is O=C(NCCc1ccccc1F)c1ccc(-n2cc(Br)cn2)cc1. The number of hydrogen-bond donors (Lipinski definition) is 1. The van der Waals surface area contributed by atoms with Crippen LogP contribution in [0.4, 0.5) is 4.39 Å². The van der Waals surface area contributed by atoms with Gasteiger partial charge in [0.2, 0.25) is 0 Å². The van der Waals surface area contributed by atoms with Crippen molar-refractivity contribution >= 4 is 21.8 Å². The summed E-state index contributed by atoms with van der Waals surface area (Å²) in [5.41, 5.74) is 2.01. The second kappa shape index (κ2) is 7.40. The van der Waals surface area contributed by atoms with Crippen molar-refractivity contribution in [2.75, 3.05) is 6.54 Å². The van der Waals surface area contributed by atoms with Crippen LogP contribution in [0.5, 0.6) is 0 Å². The topological polar surface area (TPSA) is 46.9 Å². The highest BCUT2D eigenvalue weighted by Crippen LogP contribution is 2.13. The summed E-state index contributed by atoms with van der Waals surface area (Å²) in [5.74, 6) is -0.430. The average molecular weight is 388 g/mol. The Morgan fingerprint density at radius 2 is 1.92 bits per heavy atom. The number of hydrogen-bond acceptors (Lipinski definition) is 2. The van der Waals surface area contributed by atoms with E-state index < -0.39 is 0 Å². The number of amides is 1. The minimum atomic E-state index is -0.249. The molecule has 0 saturated carbocycles. The third-order valence-electron chi connectivity index (χ3n) is 3.58. The quantitative estimate of drug-likeness (QED) is 0.724. The molecule has 3 aromatic rings. The predicted octanol–water partition coefficient (Wildman–Crippen LogP) is 3.75. The maximum Gasteiger partial charge on any atom is 0.251 e. The van der Waals surface area contributed by atoms with Gasteiger partial charge in [0.1, 0.15) is 5.82 Å². The van der Waals surface area contributed by atoms with Gasteiger partial charge < -0.3 is 5.32 Å². The van der Waals surface area contributed by atoms with Crippen LogP contribution < -0.4 is 5.32 Å². The van der Waals surface area contributed by atoms with Gasteiger partial charge in [-0.2, -0.15) is 5.10 Å². The molecule has 0 spiro atoms. The molecule has 1 amide bonds. The van der Waals surface area contributed by atoms with Gasteiger partial charge in [-0.15, -0.1) is 0 Å². The molecule has 0 bridgehead atoms. The molecule has 0 aliphatic rings. The fourth-order valence-electron chi connectivity index (χ4n) is 2.32. The van der Waals surface area contributed by atoms with Crippen LogP contribution >= 0.6 is 15.9 Å². The average Bonchev–Trinajstić information content (AvgIpc) is 3.03. The van der Waals surface area contributed by atoms with Crippen LogP contribution in [0.15, 0.2) is 65.4 Å². The minimum absolute atomic E-state index is 0.181. The Morgan fingerprint density at radius 1 is 1.17 bits per heavy atom. The van der Waals surface area contributed by atoms with E-state index in [9.17, 15) is 9.18 Å². The van der Waals surface area contributed by atoms with E-state index in [0.717, 1.165) is 10.2 Å². The maximum absolute atomic E-state index is 13.5.